The Morgan fingerprint density at radius 2 is 1.91 bits per heavy atom. The lowest BCUT2D eigenvalue weighted by molar-refractivity contribution is 0.111. The van der Waals surface area contributed by atoms with E-state index in [-0.39, 0.29) is 36.5 Å². The maximum atomic E-state index is 14.6. The molecule has 5 nitrogen and oxygen atoms in total. The number of allylic oxidation sites excluding steroid dienone is 1. The molecule has 3 N–H and O–H groups in total. The molecule has 8 heteroatoms. The van der Waals surface area contributed by atoms with Crippen molar-refractivity contribution in [2.45, 2.75) is 26.4 Å². The minimum atomic E-state index is -0.998. The predicted molar refractivity (Wildman–Crippen MR) is 126 cm³/mol. The van der Waals surface area contributed by atoms with Crippen molar-refractivity contribution in [3.05, 3.63) is 82.3 Å². The molecule has 0 saturated heterocycles. The van der Waals surface area contributed by atoms with Gasteiger partial charge in [-0.05, 0) is 30.2 Å². The third-order valence-electron chi connectivity index (χ3n) is 4.46. The van der Waals surface area contributed by atoms with E-state index >= 15 is 0 Å². The standard InChI is InChI=1S/C25H23F3N4O/c1-4-7-23(29)25(31-13-16-9-21(27)19(15-33)22(28)10-16)32-14-18-11-17(6-3)24(12-20(18)26)30-8-5-2/h1,6-12,15H,3,5,13-14,29H2,2H3,(H,31,32)/b23-7+,30-8-. The monoisotopic (exact) mass is 452 g/mol. The van der Waals surface area contributed by atoms with E-state index in [0.29, 0.717) is 23.2 Å². The molecule has 0 amide bonds. The molecule has 0 aliphatic rings. The van der Waals surface area contributed by atoms with Gasteiger partial charge in [-0.15, -0.1) is 6.42 Å². The number of carbonyl (C=O) groups is 1. The van der Waals surface area contributed by atoms with Gasteiger partial charge >= 0.3 is 0 Å². The second-order valence-electron chi connectivity index (χ2n) is 6.80. The molecule has 0 fully saturated rings. The highest BCUT2D eigenvalue weighted by molar-refractivity contribution is 5.97. The number of hydrogen-bond acceptors (Lipinski definition) is 4. The van der Waals surface area contributed by atoms with Crippen LogP contribution in [-0.4, -0.2) is 18.3 Å². The fourth-order valence-corrected chi connectivity index (χ4v) is 2.82. The SMILES string of the molecule is C#C/C=C(N)\C(=N/Cc1cc(F)c(C=O)c(F)c1)NCc1cc(C=C)c(/N=C\CC)cc1F. The molecule has 2 aromatic carbocycles. The van der Waals surface area contributed by atoms with E-state index in [4.69, 9.17) is 12.2 Å². The Balaban J connectivity index is 2.31. The van der Waals surface area contributed by atoms with E-state index in [0.717, 1.165) is 12.1 Å². The lowest BCUT2D eigenvalue weighted by Gasteiger charge is -2.13. The number of aliphatic imine (C=N–C) groups is 2. The highest BCUT2D eigenvalue weighted by Crippen LogP contribution is 2.24. The van der Waals surface area contributed by atoms with Gasteiger partial charge in [-0.25, -0.2) is 13.2 Å². The van der Waals surface area contributed by atoms with Gasteiger partial charge in [0.2, 0.25) is 0 Å². The van der Waals surface area contributed by atoms with E-state index in [9.17, 15) is 18.0 Å². The predicted octanol–water partition coefficient (Wildman–Crippen LogP) is 4.84. The summed E-state index contributed by atoms with van der Waals surface area (Å²) in [6, 6.07) is 4.90. The molecule has 2 aromatic rings. The van der Waals surface area contributed by atoms with Crippen molar-refractivity contribution in [2.24, 2.45) is 15.7 Å². The van der Waals surface area contributed by atoms with Crippen molar-refractivity contribution >= 4 is 30.1 Å². The van der Waals surface area contributed by atoms with Gasteiger partial charge < -0.3 is 11.1 Å². The number of benzene rings is 2. The maximum Gasteiger partial charge on any atom is 0.155 e. The number of terminal acetylenes is 1. The van der Waals surface area contributed by atoms with E-state index in [1.54, 1.807) is 18.4 Å². The Labute approximate surface area is 190 Å². The van der Waals surface area contributed by atoms with E-state index in [1.165, 1.54) is 12.1 Å². The zero-order valence-corrected chi connectivity index (χ0v) is 18.0. The number of nitrogens with two attached hydrogens (primary N) is 1. The van der Waals surface area contributed by atoms with E-state index < -0.39 is 23.0 Å². The number of rotatable bonds is 9. The first-order chi connectivity index (χ1) is 15.8. The number of hydrogen-bond donors (Lipinski definition) is 2. The zero-order chi connectivity index (χ0) is 24.4. The molecule has 0 unspecified atom stereocenters. The minimum Gasteiger partial charge on any atom is -0.395 e. The zero-order valence-electron chi connectivity index (χ0n) is 18.0. The average Bonchev–Trinajstić information content (AvgIpc) is 2.78. The Morgan fingerprint density at radius 3 is 2.48 bits per heavy atom. The summed E-state index contributed by atoms with van der Waals surface area (Å²) in [4.78, 5) is 19.2. The second-order valence-corrected chi connectivity index (χ2v) is 6.80. The van der Waals surface area contributed by atoms with Crippen LogP contribution in [0.25, 0.3) is 6.08 Å². The molecule has 0 spiro atoms. The Bertz CT molecular complexity index is 1150. The molecule has 33 heavy (non-hydrogen) atoms. The molecule has 2 rings (SSSR count). The lowest BCUT2D eigenvalue weighted by Crippen LogP contribution is -2.29. The van der Waals surface area contributed by atoms with Crippen molar-refractivity contribution in [1.29, 1.82) is 0 Å². The quantitative estimate of drug-likeness (QED) is 0.247. The van der Waals surface area contributed by atoms with Crippen molar-refractivity contribution in [3.63, 3.8) is 0 Å². The normalized spacial score (nSPS) is 12.0. The maximum absolute atomic E-state index is 14.6. The smallest absolute Gasteiger partial charge is 0.155 e. The van der Waals surface area contributed by atoms with Gasteiger partial charge in [0.15, 0.2) is 6.29 Å². The molecular formula is C25H23F3N4O. The molecule has 0 aliphatic carbocycles. The Hall–Kier alpha value is -4.12. The van der Waals surface area contributed by atoms with Gasteiger partial charge in [0.1, 0.15) is 23.3 Å². The van der Waals surface area contributed by atoms with Crippen LogP contribution in [0.4, 0.5) is 18.9 Å². The first-order valence-electron chi connectivity index (χ1n) is 9.95. The van der Waals surface area contributed by atoms with Crippen LogP contribution in [0.5, 0.6) is 0 Å². The molecule has 0 aliphatic heterocycles. The Kier molecular flexibility index (Phi) is 9.18. The van der Waals surface area contributed by atoms with Gasteiger partial charge in [0.05, 0.1) is 23.5 Å². The number of amidine groups is 1. The van der Waals surface area contributed by atoms with Crippen LogP contribution in [-0.2, 0) is 13.1 Å². The lowest BCUT2D eigenvalue weighted by atomic mass is 10.1. The van der Waals surface area contributed by atoms with Crippen LogP contribution >= 0.6 is 0 Å². The molecule has 0 heterocycles. The molecule has 0 atom stereocenters. The summed E-state index contributed by atoms with van der Waals surface area (Å²) >= 11 is 0. The largest absolute Gasteiger partial charge is 0.395 e. The van der Waals surface area contributed by atoms with Crippen molar-refractivity contribution in [3.8, 4) is 12.3 Å². The van der Waals surface area contributed by atoms with E-state index in [2.05, 4.69) is 27.8 Å². The van der Waals surface area contributed by atoms with Gasteiger partial charge in [-0.3, -0.25) is 14.8 Å². The molecule has 0 bridgehead atoms. The van der Waals surface area contributed by atoms with E-state index in [1.807, 2.05) is 6.92 Å². The third kappa shape index (κ3) is 6.68. The van der Waals surface area contributed by atoms with Crippen molar-refractivity contribution < 1.29 is 18.0 Å². The number of carbonyl (C=O) groups excluding carboxylic acids is 1. The number of aldehydes is 1. The summed E-state index contributed by atoms with van der Waals surface area (Å²) in [6.07, 6.45) is 10.6. The number of nitrogens with zero attached hydrogens (tertiary/aromatic N) is 2. The molecule has 0 radical (unpaired) electrons. The topological polar surface area (TPSA) is 79.8 Å². The molecule has 0 saturated carbocycles. The average molecular weight is 452 g/mol. The van der Waals surface area contributed by atoms with Crippen LogP contribution < -0.4 is 11.1 Å². The van der Waals surface area contributed by atoms with Crippen LogP contribution in [0.15, 0.2) is 52.6 Å². The van der Waals surface area contributed by atoms with Crippen LogP contribution in [0.2, 0.25) is 0 Å². The van der Waals surface area contributed by atoms with Gasteiger partial charge in [0.25, 0.3) is 0 Å². The van der Waals surface area contributed by atoms with Crippen molar-refractivity contribution in [2.75, 3.05) is 0 Å². The molecule has 170 valence electrons. The van der Waals surface area contributed by atoms with Gasteiger partial charge in [-0.2, -0.15) is 0 Å². The fourth-order valence-electron chi connectivity index (χ4n) is 2.82. The van der Waals surface area contributed by atoms with Gasteiger partial charge in [-0.1, -0.05) is 25.5 Å². The summed E-state index contributed by atoms with van der Waals surface area (Å²) in [5.74, 6) is -0.117. The van der Waals surface area contributed by atoms with Crippen LogP contribution in [0.1, 0.15) is 40.4 Å². The minimum absolute atomic E-state index is 0.00477. The summed E-state index contributed by atoms with van der Waals surface area (Å²) in [5, 5.41) is 2.90. The van der Waals surface area contributed by atoms with Crippen LogP contribution in [0.3, 0.4) is 0 Å². The van der Waals surface area contributed by atoms with Crippen LogP contribution in [0, 0.1) is 29.8 Å². The third-order valence-corrected chi connectivity index (χ3v) is 4.46. The highest BCUT2D eigenvalue weighted by Gasteiger charge is 2.12. The first-order valence-corrected chi connectivity index (χ1v) is 9.95. The molecule has 0 aromatic heterocycles. The summed E-state index contributed by atoms with van der Waals surface area (Å²) in [7, 11) is 0. The first kappa shape index (κ1) is 25.1. The summed E-state index contributed by atoms with van der Waals surface area (Å²) in [6.45, 7) is 5.48. The number of halogens is 3. The molecular weight excluding hydrogens is 429 g/mol. The fraction of sp³-hybridized carbons (Fsp3) is 0.160. The summed E-state index contributed by atoms with van der Waals surface area (Å²) < 4.78 is 42.3. The van der Waals surface area contributed by atoms with Crippen molar-refractivity contribution in [1.82, 2.24) is 5.32 Å². The highest BCUT2D eigenvalue weighted by atomic mass is 19.1. The van der Waals surface area contributed by atoms with Gasteiger partial charge in [0, 0.05) is 36.0 Å². The number of nitrogens with one attached hydrogen (secondary N) is 1. The Morgan fingerprint density at radius 1 is 1.21 bits per heavy atom. The summed E-state index contributed by atoms with van der Waals surface area (Å²) in [5.41, 5.74) is 6.92. The second kappa shape index (κ2) is 12.1.